The highest BCUT2D eigenvalue weighted by atomic mass is 16.6. The molecule has 19 heavy (non-hydrogen) atoms. The quantitative estimate of drug-likeness (QED) is 0.292. The minimum absolute atomic E-state index is 0.0579. The molecule has 0 aromatic heterocycles. The van der Waals surface area contributed by atoms with E-state index in [2.05, 4.69) is 16.6 Å². The van der Waals surface area contributed by atoms with Crippen LogP contribution in [0.1, 0.15) is 28.8 Å². The van der Waals surface area contributed by atoms with E-state index < -0.39 is 10.9 Å². The van der Waals surface area contributed by atoms with Crippen molar-refractivity contribution in [3.8, 4) is 11.8 Å². The summed E-state index contributed by atoms with van der Waals surface area (Å²) in [5, 5.41) is 19.4. The molecule has 0 heterocycles. The first-order valence-electron chi connectivity index (χ1n) is 5.56. The third kappa shape index (κ3) is 4.08. The molecule has 0 unspecified atom stereocenters. The van der Waals surface area contributed by atoms with E-state index in [1.54, 1.807) is 0 Å². The van der Waals surface area contributed by atoms with Gasteiger partial charge in [-0.2, -0.15) is 0 Å². The average Bonchev–Trinajstić information content (AvgIpc) is 2.42. The number of aliphatic hydroxyl groups is 1. The summed E-state index contributed by atoms with van der Waals surface area (Å²) in [4.78, 5) is 21.6. The number of nitrogens with zero attached hydrogens (tertiary/aromatic N) is 1. The van der Waals surface area contributed by atoms with Gasteiger partial charge in [0.1, 0.15) is 5.56 Å². The number of carbonyl (C=O) groups excluding carboxylic acids is 1. The SMILES string of the molecule is COC(=O)c1cc(C#CCCCO)ccc1[N+](=O)[O-]. The van der Waals surface area contributed by atoms with Crippen molar-refractivity contribution in [2.75, 3.05) is 13.7 Å². The molecule has 1 rings (SSSR count). The maximum absolute atomic E-state index is 11.5. The molecular formula is C13H13NO5. The van der Waals surface area contributed by atoms with Crippen LogP contribution >= 0.6 is 0 Å². The fraction of sp³-hybridized carbons (Fsp3) is 0.308. The first-order chi connectivity index (χ1) is 9.10. The number of carbonyl (C=O) groups is 1. The summed E-state index contributed by atoms with van der Waals surface area (Å²) in [5.74, 6) is 4.80. The van der Waals surface area contributed by atoms with Gasteiger partial charge in [-0.15, -0.1) is 0 Å². The molecular weight excluding hydrogens is 250 g/mol. The number of esters is 1. The van der Waals surface area contributed by atoms with Gasteiger partial charge in [-0.3, -0.25) is 10.1 Å². The number of methoxy groups -OCH3 is 1. The smallest absolute Gasteiger partial charge is 0.344 e. The van der Waals surface area contributed by atoms with Crippen LogP contribution < -0.4 is 0 Å². The van der Waals surface area contributed by atoms with E-state index in [1.165, 1.54) is 18.2 Å². The standard InChI is InChI=1S/C13H13NO5/c1-19-13(16)11-9-10(5-3-2-4-8-15)6-7-12(11)14(17)18/h6-7,9,15H,2,4,8H2,1H3. The van der Waals surface area contributed by atoms with Crippen molar-refractivity contribution in [1.82, 2.24) is 0 Å². The van der Waals surface area contributed by atoms with Gasteiger partial charge in [-0.1, -0.05) is 11.8 Å². The van der Waals surface area contributed by atoms with Gasteiger partial charge in [-0.25, -0.2) is 4.79 Å². The fourth-order valence-electron chi connectivity index (χ4n) is 1.38. The van der Waals surface area contributed by atoms with Crippen LogP contribution in [-0.4, -0.2) is 29.7 Å². The fourth-order valence-corrected chi connectivity index (χ4v) is 1.38. The molecule has 6 heteroatoms. The van der Waals surface area contributed by atoms with Gasteiger partial charge in [0.15, 0.2) is 0 Å². The van der Waals surface area contributed by atoms with Crippen molar-refractivity contribution in [3.63, 3.8) is 0 Å². The molecule has 0 amide bonds. The largest absolute Gasteiger partial charge is 0.465 e. The van der Waals surface area contributed by atoms with Gasteiger partial charge in [0, 0.05) is 24.7 Å². The summed E-state index contributed by atoms with van der Waals surface area (Å²) >= 11 is 0. The summed E-state index contributed by atoms with van der Waals surface area (Å²) in [6, 6.07) is 4.02. The van der Waals surface area contributed by atoms with E-state index >= 15 is 0 Å². The van der Waals surface area contributed by atoms with Crippen molar-refractivity contribution < 1.29 is 19.6 Å². The van der Waals surface area contributed by atoms with E-state index in [4.69, 9.17) is 5.11 Å². The van der Waals surface area contributed by atoms with Crippen LogP contribution in [0.2, 0.25) is 0 Å². The Morgan fingerprint density at radius 1 is 1.53 bits per heavy atom. The predicted octanol–water partition coefficient (Wildman–Crippen LogP) is 1.51. The molecule has 100 valence electrons. The number of benzene rings is 1. The Kier molecular flexibility index (Phi) is 5.51. The molecule has 1 aromatic carbocycles. The van der Waals surface area contributed by atoms with Crippen LogP contribution in [-0.2, 0) is 4.74 Å². The zero-order valence-corrected chi connectivity index (χ0v) is 10.4. The molecule has 1 N–H and O–H groups in total. The number of nitro benzene ring substituents is 1. The van der Waals surface area contributed by atoms with E-state index in [-0.39, 0.29) is 17.9 Å². The first kappa shape index (κ1) is 14.7. The van der Waals surface area contributed by atoms with Gasteiger partial charge in [0.05, 0.1) is 12.0 Å². The van der Waals surface area contributed by atoms with Gasteiger partial charge in [0.25, 0.3) is 5.69 Å². The van der Waals surface area contributed by atoms with Crippen LogP contribution in [0.15, 0.2) is 18.2 Å². The monoisotopic (exact) mass is 263 g/mol. The molecule has 0 aliphatic rings. The summed E-state index contributed by atoms with van der Waals surface area (Å²) in [6.07, 6.45) is 1.07. The highest BCUT2D eigenvalue weighted by molar-refractivity contribution is 5.94. The van der Waals surface area contributed by atoms with Crippen molar-refractivity contribution >= 4 is 11.7 Å². The Bertz CT molecular complexity index is 542. The molecule has 0 radical (unpaired) electrons. The zero-order valence-electron chi connectivity index (χ0n) is 10.4. The van der Waals surface area contributed by atoms with Gasteiger partial charge < -0.3 is 9.84 Å². The Morgan fingerprint density at radius 3 is 2.84 bits per heavy atom. The number of rotatable bonds is 4. The van der Waals surface area contributed by atoms with E-state index in [9.17, 15) is 14.9 Å². The highest BCUT2D eigenvalue weighted by Crippen LogP contribution is 2.20. The Labute approximate surface area is 110 Å². The number of nitro groups is 1. The lowest BCUT2D eigenvalue weighted by Gasteiger charge is -2.01. The lowest BCUT2D eigenvalue weighted by atomic mass is 10.1. The van der Waals surface area contributed by atoms with Crippen molar-refractivity contribution in [2.45, 2.75) is 12.8 Å². The van der Waals surface area contributed by atoms with Crippen LogP contribution in [0.3, 0.4) is 0 Å². The van der Waals surface area contributed by atoms with Crippen LogP contribution in [0.4, 0.5) is 5.69 Å². The van der Waals surface area contributed by atoms with Crippen LogP contribution in [0, 0.1) is 22.0 Å². The number of hydrogen-bond donors (Lipinski definition) is 1. The van der Waals surface area contributed by atoms with Gasteiger partial charge >= 0.3 is 5.97 Å². The van der Waals surface area contributed by atoms with Gasteiger partial charge in [-0.05, 0) is 18.6 Å². The maximum Gasteiger partial charge on any atom is 0.344 e. The molecule has 0 saturated heterocycles. The second-order valence-electron chi connectivity index (χ2n) is 3.61. The molecule has 0 atom stereocenters. The molecule has 6 nitrogen and oxygen atoms in total. The number of hydrogen-bond acceptors (Lipinski definition) is 5. The third-order valence-corrected chi connectivity index (χ3v) is 2.29. The lowest BCUT2D eigenvalue weighted by molar-refractivity contribution is -0.385. The van der Waals surface area contributed by atoms with E-state index in [1.807, 2.05) is 0 Å². The molecule has 0 bridgehead atoms. The van der Waals surface area contributed by atoms with Gasteiger partial charge in [0.2, 0.25) is 0 Å². The molecule has 0 aliphatic carbocycles. The van der Waals surface area contributed by atoms with E-state index in [0.717, 1.165) is 7.11 Å². The molecule has 0 saturated carbocycles. The topological polar surface area (TPSA) is 89.7 Å². The predicted molar refractivity (Wildman–Crippen MR) is 67.6 cm³/mol. The Hall–Kier alpha value is -2.39. The third-order valence-electron chi connectivity index (χ3n) is 2.29. The van der Waals surface area contributed by atoms with Crippen LogP contribution in [0.25, 0.3) is 0 Å². The van der Waals surface area contributed by atoms with Crippen LogP contribution in [0.5, 0.6) is 0 Å². The van der Waals surface area contributed by atoms with Crippen molar-refractivity contribution in [2.24, 2.45) is 0 Å². The molecule has 1 aromatic rings. The minimum Gasteiger partial charge on any atom is -0.465 e. The summed E-state index contributed by atoms with van der Waals surface area (Å²) in [5.41, 5.74) is 0.0538. The number of aliphatic hydroxyl groups excluding tert-OH is 1. The van der Waals surface area contributed by atoms with Crippen molar-refractivity contribution in [1.29, 1.82) is 0 Å². The second-order valence-corrected chi connectivity index (χ2v) is 3.61. The second kappa shape index (κ2) is 7.13. The molecule has 0 fully saturated rings. The highest BCUT2D eigenvalue weighted by Gasteiger charge is 2.20. The maximum atomic E-state index is 11.5. The first-order valence-corrected chi connectivity index (χ1v) is 5.56. The normalized spacial score (nSPS) is 9.37. The summed E-state index contributed by atoms with van der Waals surface area (Å²) in [7, 11) is 1.16. The summed E-state index contributed by atoms with van der Waals surface area (Å²) < 4.78 is 4.50. The Morgan fingerprint density at radius 2 is 2.26 bits per heavy atom. The van der Waals surface area contributed by atoms with E-state index in [0.29, 0.717) is 18.4 Å². The number of ether oxygens (including phenoxy) is 1. The average molecular weight is 263 g/mol. The lowest BCUT2D eigenvalue weighted by Crippen LogP contribution is -2.06. The zero-order chi connectivity index (χ0) is 14.3. The Balaban J connectivity index is 3.07. The minimum atomic E-state index is -0.772. The number of unbranched alkanes of at least 4 members (excludes halogenated alkanes) is 1. The molecule has 0 spiro atoms. The molecule has 0 aliphatic heterocycles. The summed E-state index contributed by atoms with van der Waals surface area (Å²) in [6.45, 7) is 0.0579. The van der Waals surface area contributed by atoms with Crippen molar-refractivity contribution in [3.05, 3.63) is 39.4 Å².